The second kappa shape index (κ2) is 9.21. The molecule has 0 saturated carbocycles. The first kappa shape index (κ1) is 25.6. The third kappa shape index (κ3) is 4.68. The highest BCUT2D eigenvalue weighted by Gasteiger charge is 2.46. The molecule has 2 heterocycles. The van der Waals surface area contributed by atoms with Gasteiger partial charge in [0.2, 0.25) is 11.9 Å². The molecule has 2 amide bonds. The van der Waals surface area contributed by atoms with Crippen LogP contribution in [0.25, 0.3) is 11.0 Å². The molecule has 1 saturated heterocycles. The number of aliphatic hydroxyl groups excluding tert-OH is 2. The average Bonchev–Trinajstić information content (AvgIpc) is 3.26. The topological polar surface area (TPSA) is 108 Å². The van der Waals surface area contributed by atoms with E-state index in [1.54, 1.807) is 24.1 Å². The van der Waals surface area contributed by atoms with Gasteiger partial charge in [-0.25, -0.2) is 4.98 Å². The molecule has 8 nitrogen and oxygen atoms in total. The van der Waals surface area contributed by atoms with Gasteiger partial charge in [0.05, 0.1) is 41.3 Å². The molecule has 1 aromatic heterocycles. The van der Waals surface area contributed by atoms with Crippen molar-refractivity contribution >= 4 is 28.8 Å². The predicted octanol–water partition coefficient (Wildman–Crippen LogP) is 3.24. The van der Waals surface area contributed by atoms with Crippen molar-refractivity contribution in [2.45, 2.75) is 38.6 Å². The number of aliphatic hydroxyl groups is 2. The first-order chi connectivity index (χ1) is 16.8. The third-order valence-electron chi connectivity index (χ3n) is 6.68. The highest BCUT2D eigenvalue weighted by atomic mass is 19.4. The summed E-state index contributed by atoms with van der Waals surface area (Å²) in [5.74, 6) is -0.870. The van der Waals surface area contributed by atoms with E-state index >= 15 is 0 Å². The number of hydrogen-bond acceptors (Lipinski definition) is 5. The van der Waals surface area contributed by atoms with Gasteiger partial charge >= 0.3 is 6.18 Å². The molecule has 4 rings (SSSR count). The van der Waals surface area contributed by atoms with Crippen LogP contribution < -0.4 is 5.32 Å². The van der Waals surface area contributed by atoms with Crippen LogP contribution in [0.3, 0.4) is 0 Å². The van der Waals surface area contributed by atoms with Gasteiger partial charge in [-0.3, -0.25) is 14.9 Å². The maximum atomic E-state index is 13.1. The minimum absolute atomic E-state index is 0.0101. The Morgan fingerprint density at radius 2 is 1.97 bits per heavy atom. The van der Waals surface area contributed by atoms with Crippen LogP contribution in [0.5, 0.6) is 0 Å². The highest BCUT2D eigenvalue weighted by molar-refractivity contribution is 6.04. The number of nitrogens with zero attached hydrogens (tertiary/aromatic N) is 3. The van der Waals surface area contributed by atoms with Crippen molar-refractivity contribution in [1.82, 2.24) is 14.5 Å². The molecule has 1 fully saturated rings. The molecular weight excluding hydrogens is 477 g/mol. The number of nitrogens with one attached hydrogen (secondary N) is 1. The van der Waals surface area contributed by atoms with Gasteiger partial charge in [0.1, 0.15) is 0 Å². The summed E-state index contributed by atoms with van der Waals surface area (Å²) < 4.78 is 40.8. The number of likely N-dealkylation sites (tertiary alicyclic amines) is 1. The molecule has 3 N–H and O–H groups in total. The number of carbonyl (C=O) groups is 2. The van der Waals surface area contributed by atoms with Gasteiger partial charge in [-0.05, 0) is 35.9 Å². The number of alkyl halides is 3. The molecule has 1 aliphatic heterocycles. The first-order valence-electron chi connectivity index (χ1n) is 11.4. The smallest absolute Gasteiger partial charge is 0.394 e. The molecule has 11 heteroatoms. The fraction of sp³-hybridized carbons (Fsp3) is 0.400. The van der Waals surface area contributed by atoms with E-state index in [0.717, 1.165) is 23.8 Å². The zero-order valence-electron chi connectivity index (χ0n) is 20.0. The van der Waals surface area contributed by atoms with Crippen LogP contribution in [0.4, 0.5) is 19.1 Å². The van der Waals surface area contributed by atoms with E-state index in [1.165, 1.54) is 10.6 Å². The summed E-state index contributed by atoms with van der Waals surface area (Å²) >= 11 is 0. The molecule has 36 heavy (non-hydrogen) atoms. The number of amides is 2. The van der Waals surface area contributed by atoms with Gasteiger partial charge in [-0.1, -0.05) is 26.0 Å². The second-order valence-corrected chi connectivity index (χ2v) is 9.62. The predicted molar refractivity (Wildman–Crippen MR) is 126 cm³/mol. The Bertz CT molecular complexity index is 1320. The summed E-state index contributed by atoms with van der Waals surface area (Å²) in [6.45, 7) is 3.64. The number of carbonyl (C=O) groups excluding carboxylic acids is 2. The fourth-order valence-corrected chi connectivity index (χ4v) is 4.67. The molecule has 0 aliphatic carbocycles. The molecule has 192 valence electrons. The summed E-state index contributed by atoms with van der Waals surface area (Å²) in [5, 5.41) is 21.9. The average molecular weight is 505 g/mol. The lowest BCUT2D eigenvalue weighted by atomic mass is 9.77. The molecule has 3 aromatic rings. The van der Waals surface area contributed by atoms with E-state index in [2.05, 4.69) is 10.3 Å². The summed E-state index contributed by atoms with van der Waals surface area (Å²) in [6, 6.07) is 9.42. The van der Waals surface area contributed by atoms with Crippen molar-refractivity contribution < 1.29 is 33.0 Å². The summed E-state index contributed by atoms with van der Waals surface area (Å²) in [6.07, 6.45) is -5.76. The monoisotopic (exact) mass is 504 g/mol. The van der Waals surface area contributed by atoms with E-state index in [0.29, 0.717) is 17.6 Å². The van der Waals surface area contributed by atoms with Crippen LogP contribution in [0.2, 0.25) is 0 Å². The van der Waals surface area contributed by atoms with Gasteiger partial charge in [0, 0.05) is 25.1 Å². The quantitative estimate of drug-likeness (QED) is 0.478. The lowest BCUT2D eigenvalue weighted by molar-refractivity contribution is -0.137. The Morgan fingerprint density at radius 1 is 1.25 bits per heavy atom. The van der Waals surface area contributed by atoms with Crippen molar-refractivity contribution in [2.24, 2.45) is 5.41 Å². The lowest BCUT2D eigenvalue weighted by Crippen LogP contribution is -2.28. The lowest BCUT2D eigenvalue weighted by Gasteiger charge is -2.23. The Kier molecular flexibility index (Phi) is 6.56. The maximum absolute atomic E-state index is 13.1. The van der Waals surface area contributed by atoms with Crippen LogP contribution in [-0.4, -0.2) is 62.8 Å². The summed E-state index contributed by atoms with van der Waals surface area (Å²) in [4.78, 5) is 31.5. The molecule has 1 aliphatic rings. The number of fused-ring (bicyclic) bond motifs is 1. The second-order valence-electron chi connectivity index (χ2n) is 9.62. The minimum Gasteiger partial charge on any atom is -0.394 e. The number of halogens is 3. The molecular formula is C25H27F3N4O4. The fourth-order valence-electron chi connectivity index (χ4n) is 4.67. The van der Waals surface area contributed by atoms with Crippen LogP contribution >= 0.6 is 0 Å². The van der Waals surface area contributed by atoms with Crippen LogP contribution in [-0.2, 0) is 17.5 Å². The van der Waals surface area contributed by atoms with Gasteiger partial charge < -0.3 is 19.7 Å². The van der Waals surface area contributed by atoms with Crippen molar-refractivity contribution in [3.63, 3.8) is 0 Å². The van der Waals surface area contributed by atoms with Gasteiger partial charge in [-0.2, -0.15) is 13.2 Å². The molecule has 0 bridgehead atoms. The summed E-state index contributed by atoms with van der Waals surface area (Å²) in [5.41, 5.74) is 0.0893. The number of anilines is 1. The van der Waals surface area contributed by atoms with E-state index in [4.69, 9.17) is 0 Å². The number of likely N-dealkylation sites (N-methyl/N-ethyl adjacent to an activating group) is 1. The number of imidazole rings is 1. The molecule has 2 atom stereocenters. The van der Waals surface area contributed by atoms with Crippen LogP contribution in [0.15, 0.2) is 42.5 Å². The number of benzene rings is 2. The molecule has 2 aromatic carbocycles. The zero-order valence-corrected chi connectivity index (χ0v) is 20.0. The number of aromatic nitrogens is 2. The largest absolute Gasteiger partial charge is 0.416 e. The van der Waals surface area contributed by atoms with Crippen LogP contribution in [0, 0.1) is 5.41 Å². The Balaban J connectivity index is 1.72. The van der Waals surface area contributed by atoms with Crippen molar-refractivity contribution in [3.05, 3.63) is 59.2 Å². The Morgan fingerprint density at radius 3 is 2.58 bits per heavy atom. The third-order valence-corrected chi connectivity index (χ3v) is 6.68. The van der Waals surface area contributed by atoms with Crippen molar-refractivity contribution in [2.75, 3.05) is 25.5 Å². The zero-order chi connectivity index (χ0) is 26.4. The van der Waals surface area contributed by atoms with E-state index in [1.807, 2.05) is 19.9 Å². The molecule has 1 unspecified atom stereocenters. The van der Waals surface area contributed by atoms with E-state index < -0.39 is 35.8 Å². The molecule has 0 radical (unpaired) electrons. The normalized spacial score (nSPS) is 18.6. The standard InChI is InChI=1S/C25H27F3N4O4/c1-24(2)18(12-31(3)22(24)36)14-7-8-20-19(10-14)29-23(32(20)11-17(34)13-33)30-21(35)15-5-4-6-16(9-15)25(26,27)28/h4-10,17-18,33-34H,11-13H2,1-3H3,(H,29,30,35)/t17?,18-/m1/s1. The SMILES string of the molecule is CN1C[C@H](c2ccc3c(c2)nc(NC(=O)c2cccc(C(F)(F)F)c2)n3CC(O)CO)C(C)(C)C1=O. The number of hydrogen-bond donors (Lipinski definition) is 3. The highest BCUT2D eigenvalue weighted by Crippen LogP contribution is 2.43. The Labute approximate surface area is 205 Å². The van der Waals surface area contributed by atoms with Crippen molar-refractivity contribution in [1.29, 1.82) is 0 Å². The van der Waals surface area contributed by atoms with Gasteiger partial charge in [0.15, 0.2) is 0 Å². The minimum atomic E-state index is -4.60. The molecule has 0 spiro atoms. The van der Waals surface area contributed by atoms with Crippen molar-refractivity contribution in [3.8, 4) is 0 Å². The van der Waals surface area contributed by atoms with Gasteiger partial charge in [-0.15, -0.1) is 0 Å². The Hall–Kier alpha value is -3.44. The summed E-state index contributed by atoms with van der Waals surface area (Å²) in [7, 11) is 1.75. The van der Waals surface area contributed by atoms with E-state index in [9.17, 15) is 33.0 Å². The van der Waals surface area contributed by atoms with Crippen LogP contribution in [0.1, 0.15) is 41.3 Å². The first-order valence-corrected chi connectivity index (χ1v) is 11.4. The van der Waals surface area contributed by atoms with E-state index in [-0.39, 0.29) is 29.9 Å². The van der Waals surface area contributed by atoms with Gasteiger partial charge in [0.25, 0.3) is 5.91 Å². The number of rotatable bonds is 6. The maximum Gasteiger partial charge on any atom is 0.416 e.